The van der Waals surface area contributed by atoms with Crippen LogP contribution in [0.1, 0.15) is 22.3 Å². The third-order valence-electron chi connectivity index (χ3n) is 4.47. The van der Waals surface area contributed by atoms with Crippen LogP contribution in [-0.4, -0.2) is 9.13 Å². The maximum Gasteiger partial charge on any atom is 0.417 e. The van der Waals surface area contributed by atoms with Gasteiger partial charge in [0.05, 0.1) is 24.2 Å². The SMILES string of the molecule is O=c1c(Cl)cc(C(F)(F)F)cn1Cc1ccc(Cn2cc(C(F)(F)F)cc(Cl)c2=O)cc1. The van der Waals surface area contributed by atoms with Crippen LogP contribution in [0.15, 0.2) is 58.4 Å². The number of nitrogens with zero attached hydrogens (tertiary/aromatic N) is 2. The number of aromatic nitrogens is 2. The van der Waals surface area contributed by atoms with Gasteiger partial charge in [-0.1, -0.05) is 47.5 Å². The number of benzene rings is 1. The normalized spacial score (nSPS) is 12.2. The van der Waals surface area contributed by atoms with E-state index in [9.17, 15) is 35.9 Å². The van der Waals surface area contributed by atoms with Crippen molar-refractivity contribution >= 4 is 23.2 Å². The molecule has 2 aromatic heterocycles. The molecule has 0 radical (unpaired) electrons. The molecule has 1 aromatic carbocycles. The van der Waals surface area contributed by atoms with Crippen LogP contribution in [-0.2, 0) is 25.4 Å². The lowest BCUT2D eigenvalue weighted by Gasteiger charge is -2.13. The van der Waals surface area contributed by atoms with E-state index in [2.05, 4.69) is 0 Å². The zero-order valence-corrected chi connectivity index (χ0v) is 17.3. The molecule has 0 N–H and O–H groups in total. The van der Waals surface area contributed by atoms with Crippen molar-refractivity contribution in [2.24, 2.45) is 0 Å². The molecule has 170 valence electrons. The van der Waals surface area contributed by atoms with E-state index >= 15 is 0 Å². The van der Waals surface area contributed by atoms with Crippen molar-refractivity contribution in [3.8, 4) is 0 Å². The highest BCUT2D eigenvalue weighted by molar-refractivity contribution is 6.30. The van der Waals surface area contributed by atoms with E-state index in [0.29, 0.717) is 35.7 Å². The molecule has 4 nitrogen and oxygen atoms in total. The van der Waals surface area contributed by atoms with Gasteiger partial charge < -0.3 is 9.13 Å². The van der Waals surface area contributed by atoms with Gasteiger partial charge >= 0.3 is 12.4 Å². The first-order valence-corrected chi connectivity index (χ1v) is 9.53. The van der Waals surface area contributed by atoms with E-state index < -0.39 is 44.6 Å². The Balaban J connectivity index is 1.86. The molecule has 12 heteroatoms. The number of halogens is 8. The first-order chi connectivity index (χ1) is 14.8. The number of hydrogen-bond acceptors (Lipinski definition) is 2. The first kappa shape index (κ1) is 23.9. The van der Waals surface area contributed by atoms with Crippen LogP contribution in [0.5, 0.6) is 0 Å². The van der Waals surface area contributed by atoms with Crippen LogP contribution in [0.3, 0.4) is 0 Å². The van der Waals surface area contributed by atoms with E-state index in [1.165, 1.54) is 24.3 Å². The van der Waals surface area contributed by atoms with Gasteiger partial charge in [-0.15, -0.1) is 0 Å². The minimum atomic E-state index is -4.69. The van der Waals surface area contributed by atoms with E-state index in [1.807, 2.05) is 0 Å². The quantitative estimate of drug-likeness (QED) is 0.450. The molecule has 0 saturated carbocycles. The molecule has 0 unspecified atom stereocenters. The van der Waals surface area contributed by atoms with Crippen LogP contribution in [0.4, 0.5) is 26.3 Å². The van der Waals surface area contributed by atoms with Gasteiger partial charge in [0.2, 0.25) is 0 Å². The largest absolute Gasteiger partial charge is 0.417 e. The van der Waals surface area contributed by atoms with Gasteiger partial charge in [0.1, 0.15) is 10.0 Å². The summed E-state index contributed by atoms with van der Waals surface area (Å²) in [4.78, 5) is 24.1. The molecule has 3 aromatic rings. The van der Waals surface area contributed by atoms with Crippen molar-refractivity contribution < 1.29 is 26.3 Å². The average molecular weight is 497 g/mol. The number of rotatable bonds is 4. The van der Waals surface area contributed by atoms with Gasteiger partial charge in [-0.2, -0.15) is 26.3 Å². The predicted molar refractivity (Wildman–Crippen MR) is 106 cm³/mol. The molecule has 0 aliphatic heterocycles. The van der Waals surface area contributed by atoms with Gasteiger partial charge in [0, 0.05) is 12.4 Å². The van der Waals surface area contributed by atoms with E-state index in [-0.39, 0.29) is 13.1 Å². The van der Waals surface area contributed by atoms with Crippen LogP contribution in [0.25, 0.3) is 0 Å². The van der Waals surface area contributed by atoms with Gasteiger partial charge in [-0.05, 0) is 23.3 Å². The lowest BCUT2D eigenvalue weighted by molar-refractivity contribution is -0.138. The zero-order chi connectivity index (χ0) is 23.8. The summed E-state index contributed by atoms with van der Waals surface area (Å²) in [6.07, 6.45) is -8.09. The maximum absolute atomic E-state index is 13.0. The summed E-state index contributed by atoms with van der Waals surface area (Å²) >= 11 is 11.2. The van der Waals surface area contributed by atoms with Crippen molar-refractivity contribution in [1.29, 1.82) is 0 Å². The average Bonchev–Trinajstić information content (AvgIpc) is 2.68. The molecule has 2 heterocycles. The topological polar surface area (TPSA) is 44.0 Å². The fourth-order valence-corrected chi connectivity index (χ4v) is 3.34. The van der Waals surface area contributed by atoms with Crippen LogP contribution in [0, 0.1) is 0 Å². The summed E-state index contributed by atoms with van der Waals surface area (Å²) in [7, 11) is 0. The minimum absolute atomic E-state index is 0.224. The summed E-state index contributed by atoms with van der Waals surface area (Å²) in [5.74, 6) is 0. The highest BCUT2D eigenvalue weighted by Gasteiger charge is 2.33. The molecular formula is C20H12Cl2F6N2O2. The summed E-state index contributed by atoms with van der Waals surface area (Å²) in [6.45, 7) is -0.448. The van der Waals surface area contributed by atoms with Crippen LogP contribution < -0.4 is 11.1 Å². The fraction of sp³-hybridized carbons (Fsp3) is 0.200. The number of pyridine rings is 2. The van der Waals surface area contributed by atoms with Gasteiger partial charge in [0.15, 0.2) is 0 Å². The highest BCUT2D eigenvalue weighted by Crippen LogP contribution is 2.30. The van der Waals surface area contributed by atoms with Crippen molar-refractivity contribution in [2.45, 2.75) is 25.4 Å². The smallest absolute Gasteiger partial charge is 0.309 e. The van der Waals surface area contributed by atoms with Gasteiger partial charge in [0.25, 0.3) is 11.1 Å². The van der Waals surface area contributed by atoms with Crippen molar-refractivity contribution in [2.75, 3.05) is 0 Å². The standard InChI is InChI=1S/C20H12Cl2F6N2O2/c21-15-5-13(19(23,24)25)9-29(17(15)31)7-11-1-2-12(4-3-11)8-30-10-14(20(26,27)28)6-16(22)18(30)32/h1-6,9-10H,7-8H2. The lowest BCUT2D eigenvalue weighted by atomic mass is 10.1. The maximum atomic E-state index is 13.0. The van der Waals surface area contributed by atoms with Crippen LogP contribution >= 0.6 is 23.2 Å². The molecule has 0 fully saturated rings. The van der Waals surface area contributed by atoms with Crippen LogP contribution in [0.2, 0.25) is 10.0 Å². The molecule has 0 saturated heterocycles. The van der Waals surface area contributed by atoms with E-state index in [0.717, 1.165) is 9.13 Å². The van der Waals surface area contributed by atoms with Crippen molar-refractivity contribution in [3.05, 3.63) is 102 Å². The van der Waals surface area contributed by atoms with E-state index in [4.69, 9.17) is 23.2 Å². The molecule has 32 heavy (non-hydrogen) atoms. The minimum Gasteiger partial charge on any atom is -0.309 e. The Morgan fingerprint density at radius 2 is 0.969 bits per heavy atom. The highest BCUT2D eigenvalue weighted by atomic mass is 35.5. The lowest BCUT2D eigenvalue weighted by Crippen LogP contribution is -2.24. The Kier molecular flexibility index (Phi) is 6.48. The zero-order valence-electron chi connectivity index (χ0n) is 15.8. The molecule has 0 aliphatic carbocycles. The second-order valence-electron chi connectivity index (χ2n) is 6.83. The Morgan fingerprint density at radius 1 is 0.656 bits per heavy atom. The predicted octanol–water partition coefficient (Wildman–Crippen LogP) is 5.45. The Bertz CT molecular complexity index is 1160. The summed E-state index contributed by atoms with van der Waals surface area (Å²) in [5, 5.41) is -1.17. The Hall–Kier alpha value is -2.72. The summed E-state index contributed by atoms with van der Waals surface area (Å²) in [6, 6.07) is 6.96. The number of hydrogen-bond donors (Lipinski definition) is 0. The second kappa shape index (κ2) is 8.67. The summed E-state index contributed by atoms with van der Waals surface area (Å²) < 4.78 is 79.4. The van der Waals surface area contributed by atoms with Crippen molar-refractivity contribution in [1.82, 2.24) is 9.13 Å². The number of alkyl halides is 6. The molecular weight excluding hydrogens is 485 g/mol. The second-order valence-corrected chi connectivity index (χ2v) is 7.65. The van der Waals surface area contributed by atoms with E-state index in [1.54, 1.807) is 0 Å². The molecule has 3 rings (SSSR count). The Labute approximate surface area is 186 Å². The molecule has 0 amide bonds. The Morgan fingerprint density at radius 3 is 1.25 bits per heavy atom. The molecule has 0 spiro atoms. The monoisotopic (exact) mass is 496 g/mol. The van der Waals surface area contributed by atoms with Crippen molar-refractivity contribution in [3.63, 3.8) is 0 Å². The third kappa shape index (κ3) is 5.36. The molecule has 0 aliphatic rings. The third-order valence-corrected chi connectivity index (χ3v) is 5.01. The van der Waals surface area contributed by atoms with Gasteiger partial charge in [-0.3, -0.25) is 9.59 Å². The molecule has 0 atom stereocenters. The summed E-state index contributed by atoms with van der Waals surface area (Å²) in [5.41, 5.74) is -2.93. The van der Waals surface area contributed by atoms with Gasteiger partial charge in [-0.25, -0.2) is 0 Å². The molecule has 0 bridgehead atoms. The first-order valence-electron chi connectivity index (χ1n) is 8.78. The fourth-order valence-electron chi connectivity index (χ4n) is 2.89.